The summed E-state index contributed by atoms with van der Waals surface area (Å²) < 4.78 is 16.7. The maximum Gasteiger partial charge on any atom is 0.224 e. The van der Waals surface area contributed by atoms with Gasteiger partial charge in [0.2, 0.25) is 5.88 Å². The van der Waals surface area contributed by atoms with Crippen molar-refractivity contribution in [2.24, 2.45) is 0 Å². The van der Waals surface area contributed by atoms with E-state index in [1.54, 1.807) is 13.2 Å². The molecule has 0 unspecified atom stereocenters. The Bertz CT molecular complexity index is 900. The number of ether oxygens (including phenoxy) is 3. The molecule has 6 nitrogen and oxygen atoms in total. The Morgan fingerprint density at radius 1 is 0.893 bits per heavy atom. The second-order valence-corrected chi connectivity index (χ2v) is 6.69. The third kappa shape index (κ3) is 5.58. The summed E-state index contributed by atoms with van der Waals surface area (Å²) in [5.74, 6) is 3.03. The highest BCUT2D eigenvalue weighted by Gasteiger charge is 2.08. The fourth-order valence-corrected chi connectivity index (χ4v) is 2.56. The van der Waals surface area contributed by atoms with Gasteiger partial charge in [0.15, 0.2) is 5.82 Å². The standard InChI is InChI=1S/C21H22ClN3O3/c1-25(2)12-13-27-17-8-10-18(11-9-17)28-20-14-19(22)23-21(24-20)15-4-6-16(26-3)7-5-15/h4-11,14H,12-13H2,1-3H3. The first-order valence-electron chi connectivity index (χ1n) is 8.78. The second-order valence-electron chi connectivity index (χ2n) is 6.31. The zero-order valence-corrected chi connectivity index (χ0v) is 16.8. The molecule has 7 heteroatoms. The van der Waals surface area contributed by atoms with Crippen LogP contribution in [0.25, 0.3) is 11.4 Å². The minimum Gasteiger partial charge on any atom is -0.497 e. The fourth-order valence-electron chi connectivity index (χ4n) is 2.39. The molecule has 0 radical (unpaired) electrons. The van der Waals surface area contributed by atoms with Gasteiger partial charge in [0, 0.05) is 18.2 Å². The van der Waals surface area contributed by atoms with Crippen LogP contribution < -0.4 is 14.2 Å². The summed E-state index contributed by atoms with van der Waals surface area (Å²) in [7, 11) is 5.64. The summed E-state index contributed by atoms with van der Waals surface area (Å²) >= 11 is 6.15. The van der Waals surface area contributed by atoms with Crippen LogP contribution in [0.5, 0.6) is 23.1 Å². The SMILES string of the molecule is COc1ccc(-c2nc(Cl)cc(Oc3ccc(OCCN(C)C)cc3)n2)cc1. The van der Waals surface area contributed by atoms with Crippen LogP contribution in [0.2, 0.25) is 5.15 Å². The van der Waals surface area contributed by atoms with Gasteiger partial charge >= 0.3 is 0 Å². The monoisotopic (exact) mass is 399 g/mol. The lowest BCUT2D eigenvalue weighted by molar-refractivity contribution is 0.261. The Balaban J connectivity index is 1.70. The molecule has 28 heavy (non-hydrogen) atoms. The van der Waals surface area contributed by atoms with Crippen molar-refractivity contribution in [3.05, 3.63) is 59.8 Å². The lowest BCUT2D eigenvalue weighted by Crippen LogP contribution is -2.19. The molecule has 0 amide bonds. The number of likely N-dealkylation sites (N-methyl/N-ethyl adjacent to an activating group) is 1. The molecule has 0 bridgehead atoms. The molecule has 1 aromatic heterocycles. The summed E-state index contributed by atoms with van der Waals surface area (Å²) in [6, 6.07) is 16.4. The van der Waals surface area contributed by atoms with Gasteiger partial charge in [0.1, 0.15) is 29.0 Å². The molecule has 0 N–H and O–H groups in total. The quantitative estimate of drug-likeness (QED) is 0.518. The predicted octanol–water partition coefficient (Wildman–Crippen LogP) is 4.54. The number of nitrogens with zero attached hydrogens (tertiary/aromatic N) is 3. The minimum atomic E-state index is 0.305. The van der Waals surface area contributed by atoms with Gasteiger partial charge in [0.25, 0.3) is 0 Å². The molecule has 146 valence electrons. The summed E-state index contributed by atoms with van der Waals surface area (Å²) in [5.41, 5.74) is 0.817. The summed E-state index contributed by atoms with van der Waals surface area (Å²) in [5, 5.41) is 0.305. The first kappa shape index (κ1) is 19.9. The van der Waals surface area contributed by atoms with Crippen LogP contribution in [0, 0.1) is 0 Å². The van der Waals surface area contributed by atoms with Crippen molar-refractivity contribution in [2.75, 3.05) is 34.4 Å². The molecule has 3 aromatic rings. The summed E-state index contributed by atoms with van der Waals surface area (Å²) in [6.45, 7) is 1.48. The van der Waals surface area contributed by atoms with E-state index in [-0.39, 0.29) is 0 Å². The van der Waals surface area contributed by atoms with Gasteiger partial charge in [-0.3, -0.25) is 0 Å². The molecule has 0 fully saturated rings. The topological polar surface area (TPSA) is 56.7 Å². The van der Waals surface area contributed by atoms with Crippen molar-refractivity contribution >= 4 is 11.6 Å². The van der Waals surface area contributed by atoms with Gasteiger partial charge in [-0.25, -0.2) is 4.98 Å². The zero-order valence-electron chi connectivity index (χ0n) is 16.1. The van der Waals surface area contributed by atoms with E-state index in [9.17, 15) is 0 Å². The van der Waals surface area contributed by atoms with Crippen molar-refractivity contribution in [1.29, 1.82) is 0 Å². The van der Waals surface area contributed by atoms with Crippen LogP contribution in [0.1, 0.15) is 0 Å². The van der Waals surface area contributed by atoms with Crippen molar-refractivity contribution in [3.8, 4) is 34.5 Å². The number of hydrogen-bond donors (Lipinski definition) is 0. The lowest BCUT2D eigenvalue weighted by atomic mass is 10.2. The van der Waals surface area contributed by atoms with Gasteiger partial charge in [0.05, 0.1) is 7.11 Å². The van der Waals surface area contributed by atoms with E-state index < -0.39 is 0 Å². The lowest BCUT2D eigenvalue weighted by Gasteiger charge is -2.11. The molecular formula is C21H22ClN3O3. The Kier molecular flexibility index (Phi) is 6.68. The smallest absolute Gasteiger partial charge is 0.224 e. The zero-order chi connectivity index (χ0) is 19.9. The van der Waals surface area contributed by atoms with Crippen molar-refractivity contribution in [1.82, 2.24) is 14.9 Å². The van der Waals surface area contributed by atoms with E-state index in [0.717, 1.165) is 23.6 Å². The van der Waals surface area contributed by atoms with Crippen LogP contribution >= 0.6 is 11.6 Å². The largest absolute Gasteiger partial charge is 0.497 e. The van der Waals surface area contributed by atoms with Crippen LogP contribution in [0.3, 0.4) is 0 Å². The van der Waals surface area contributed by atoms with Crippen LogP contribution in [0.15, 0.2) is 54.6 Å². The highest BCUT2D eigenvalue weighted by atomic mass is 35.5. The fraction of sp³-hybridized carbons (Fsp3) is 0.238. The van der Waals surface area contributed by atoms with Crippen LogP contribution in [-0.2, 0) is 0 Å². The van der Waals surface area contributed by atoms with Gasteiger partial charge in [-0.2, -0.15) is 4.98 Å². The van der Waals surface area contributed by atoms with E-state index >= 15 is 0 Å². The molecule has 0 aliphatic rings. The number of rotatable bonds is 8. The normalized spacial score (nSPS) is 10.8. The van der Waals surface area contributed by atoms with Gasteiger partial charge in [-0.05, 0) is 62.6 Å². The molecule has 0 saturated carbocycles. The molecule has 0 aliphatic carbocycles. The van der Waals surface area contributed by atoms with Crippen molar-refractivity contribution in [2.45, 2.75) is 0 Å². The number of halogens is 1. The molecule has 1 heterocycles. The summed E-state index contributed by atoms with van der Waals surface area (Å²) in [4.78, 5) is 10.8. The predicted molar refractivity (Wildman–Crippen MR) is 110 cm³/mol. The third-order valence-corrected chi connectivity index (χ3v) is 4.07. The maximum atomic E-state index is 6.15. The van der Waals surface area contributed by atoms with Crippen LogP contribution in [0.4, 0.5) is 0 Å². The highest BCUT2D eigenvalue weighted by molar-refractivity contribution is 6.29. The molecule has 0 spiro atoms. The highest BCUT2D eigenvalue weighted by Crippen LogP contribution is 2.27. The molecule has 0 saturated heterocycles. The van der Waals surface area contributed by atoms with E-state index in [4.69, 9.17) is 25.8 Å². The number of benzene rings is 2. The van der Waals surface area contributed by atoms with E-state index in [0.29, 0.717) is 29.2 Å². The molecule has 2 aromatic carbocycles. The summed E-state index contributed by atoms with van der Waals surface area (Å²) in [6.07, 6.45) is 0. The molecule has 0 aliphatic heterocycles. The van der Waals surface area contributed by atoms with Crippen molar-refractivity contribution < 1.29 is 14.2 Å². The Morgan fingerprint density at radius 2 is 1.54 bits per heavy atom. The number of methoxy groups -OCH3 is 1. The maximum absolute atomic E-state index is 6.15. The first-order valence-corrected chi connectivity index (χ1v) is 9.16. The van der Waals surface area contributed by atoms with E-state index in [2.05, 4.69) is 14.9 Å². The van der Waals surface area contributed by atoms with Crippen LogP contribution in [-0.4, -0.2) is 49.2 Å². The second kappa shape index (κ2) is 9.39. The molecule has 3 rings (SSSR count). The Hall–Kier alpha value is -2.83. The average Bonchev–Trinajstić information content (AvgIpc) is 2.69. The molecular weight excluding hydrogens is 378 g/mol. The van der Waals surface area contributed by atoms with Gasteiger partial charge in [-0.15, -0.1) is 0 Å². The molecule has 0 atom stereocenters. The Labute approximate surface area is 169 Å². The minimum absolute atomic E-state index is 0.305. The van der Waals surface area contributed by atoms with Gasteiger partial charge in [-0.1, -0.05) is 11.6 Å². The van der Waals surface area contributed by atoms with E-state index in [1.807, 2.05) is 62.6 Å². The number of aromatic nitrogens is 2. The van der Waals surface area contributed by atoms with E-state index in [1.165, 1.54) is 0 Å². The Morgan fingerprint density at radius 3 is 2.18 bits per heavy atom. The first-order chi connectivity index (χ1) is 13.5. The number of hydrogen-bond acceptors (Lipinski definition) is 6. The average molecular weight is 400 g/mol. The van der Waals surface area contributed by atoms with Gasteiger partial charge < -0.3 is 19.1 Å². The third-order valence-electron chi connectivity index (χ3n) is 3.87. The van der Waals surface area contributed by atoms with Crippen molar-refractivity contribution in [3.63, 3.8) is 0 Å².